The van der Waals surface area contributed by atoms with E-state index in [2.05, 4.69) is 6.92 Å². The standard InChI is InChI=1S/C10H20O2/c1-9(6-4-8-11)5-3-7-10(2)12/h9,11H,3-8H2,1-2H3/t9-/m1/s1. The molecule has 0 aliphatic carbocycles. The summed E-state index contributed by atoms with van der Waals surface area (Å²) in [7, 11) is 0. The summed E-state index contributed by atoms with van der Waals surface area (Å²) in [5, 5.41) is 8.57. The van der Waals surface area contributed by atoms with E-state index in [1.165, 1.54) is 0 Å². The van der Waals surface area contributed by atoms with Gasteiger partial charge in [-0.15, -0.1) is 0 Å². The van der Waals surface area contributed by atoms with E-state index in [4.69, 9.17) is 5.11 Å². The van der Waals surface area contributed by atoms with Crippen LogP contribution < -0.4 is 0 Å². The van der Waals surface area contributed by atoms with Crippen LogP contribution in [0, 0.1) is 5.92 Å². The quantitative estimate of drug-likeness (QED) is 0.639. The fraction of sp³-hybridized carbons (Fsp3) is 0.900. The third kappa shape index (κ3) is 7.73. The van der Waals surface area contributed by atoms with E-state index in [9.17, 15) is 4.79 Å². The van der Waals surface area contributed by atoms with E-state index in [-0.39, 0.29) is 12.4 Å². The molecule has 0 aliphatic rings. The van der Waals surface area contributed by atoms with Crippen LogP contribution in [0.4, 0.5) is 0 Å². The molecule has 0 bridgehead atoms. The maximum Gasteiger partial charge on any atom is 0.129 e. The van der Waals surface area contributed by atoms with Crippen molar-refractivity contribution >= 4 is 5.78 Å². The lowest BCUT2D eigenvalue weighted by Gasteiger charge is -2.08. The third-order valence-electron chi connectivity index (χ3n) is 2.08. The normalized spacial score (nSPS) is 12.9. The van der Waals surface area contributed by atoms with Gasteiger partial charge in [-0.2, -0.15) is 0 Å². The van der Waals surface area contributed by atoms with Crippen LogP contribution in [0.3, 0.4) is 0 Å². The van der Waals surface area contributed by atoms with Crippen LogP contribution in [-0.2, 0) is 4.79 Å². The van der Waals surface area contributed by atoms with Gasteiger partial charge in [0, 0.05) is 13.0 Å². The van der Waals surface area contributed by atoms with Crippen LogP contribution in [0.1, 0.15) is 46.0 Å². The van der Waals surface area contributed by atoms with Gasteiger partial charge < -0.3 is 9.90 Å². The summed E-state index contributed by atoms with van der Waals surface area (Å²) in [4.78, 5) is 10.6. The van der Waals surface area contributed by atoms with Gasteiger partial charge in [0.15, 0.2) is 0 Å². The van der Waals surface area contributed by atoms with Crippen LogP contribution in [0.25, 0.3) is 0 Å². The second-order valence-corrected chi connectivity index (χ2v) is 3.57. The maximum absolute atomic E-state index is 10.6. The van der Waals surface area contributed by atoms with E-state index in [1.807, 2.05) is 0 Å². The first-order chi connectivity index (χ1) is 5.66. The van der Waals surface area contributed by atoms with Gasteiger partial charge in [-0.1, -0.05) is 13.3 Å². The van der Waals surface area contributed by atoms with Crippen molar-refractivity contribution < 1.29 is 9.90 Å². The first-order valence-electron chi connectivity index (χ1n) is 4.77. The highest BCUT2D eigenvalue weighted by Crippen LogP contribution is 2.13. The van der Waals surface area contributed by atoms with Crippen molar-refractivity contribution in [2.45, 2.75) is 46.0 Å². The van der Waals surface area contributed by atoms with Gasteiger partial charge in [-0.25, -0.2) is 0 Å². The Morgan fingerprint density at radius 2 is 1.92 bits per heavy atom. The van der Waals surface area contributed by atoms with Gasteiger partial charge in [-0.05, 0) is 32.1 Å². The number of aliphatic hydroxyl groups excluding tert-OH is 1. The number of ketones is 1. The molecule has 0 spiro atoms. The number of hydrogen-bond donors (Lipinski definition) is 1. The Hall–Kier alpha value is -0.370. The molecule has 2 nitrogen and oxygen atoms in total. The molecule has 0 heterocycles. The SMILES string of the molecule is CC(=O)CCC[C@@H](C)CCCO. The van der Waals surface area contributed by atoms with Crippen molar-refractivity contribution in [2.75, 3.05) is 6.61 Å². The first-order valence-corrected chi connectivity index (χ1v) is 4.77. The van der Waals surface area contributed by atoms with E-state index in [1.54, 1.807) is 6.92 Å². The minimum absolute atomic E-state index is 0.282. The fourth-order valence-electron chi connectivity index (χ4n) is 1.28. The second kappa shape index (κ2) is 7.29. The molecule has 0 amide bonds. The highest BCUT2D eigenvalue weighted by molar-refractivity contribution is 5.75. The van der Waals surface area contributed by atoms with E-state index < -0.39 is 0 Å². The van der Waals surface area contributed by atoms with E-state index in [0.717, 1.165) is 25.7 Å². The van der Waals surface area contributed by atoms with Crippen molar-refractivity contribution in [3.05, 3.63) is 0 Å². The zero-order valence-corrected chi connectivity index (χ0v) is 8.18. The zero-order valence-electron chi connectivity index (χ0n) is 8.18. The summed E-state index contributed by atoms with van der Waals surface area (Å²) in [5.74, 6) is 0.931. The predicted octanol–water partition coefficient (Wildman–Crippen LogP) is 2.15. The molecule has 0 aromatic rings. The van der Waals surface area contributed by atoms with Crippen molar-refractivity contribution in [1.29, 1.82) is 0 Å². The molecule has 0 radical (unpaired) electrons. The topological polar surface area (TPSA) is 37.3 Å². The Morgan fingerprint density at radius 1 is 1.33 bits per heavy atom. The molecule has 2 heteroatoms. The summed E-state index contributed by atoms with van der Waals surface area (Å²) < 4.78 is 0. The molecule has 12 heavy (non-hydrogen) atoms. The highest BCUT2D eigenvalue weighted by Gasteiger charge is 2.02. The van der Waals surface area contributed by atoms with Crippen LogP contribution >= 0.6 is 0 Å². The maximum atomic E-state index is 10.6. The Bertz CT molecular complexity index is 121. The molecular weight excluding hydrogens is 152 g/mol. The van der Waals surface area contributed by atoms with E-state index >= 15 is 0 Å². The molecular formula is C10H20O2. The molecule has 0 rings (SSSR count). The predicted molar refractivity (Wildman–Crippen MR) is 50.0 cm³/mol. The summed E-state index contributed by atoms with van der Waals surface area (Å²) >= 11 is 0. The summed E-state index contributed by atoms with van der Waals surface area (Å²) in [5.41, 5.74) is 0. The molecule has 0 unspecified atom stereocenters. The van der Waals surface area contributed by atoms with Crippen LogP contribution in [0.2, 0.25) is 0 Å². The van der Waals surface area contributed by atoms with Crippen molar-refractivity contribution in [3.63, 3.8) is 0 Å². The minimum atomic E-state index is 0.282. The average Bonchev–Trinajstić information content (AvgIpc) is 2.00. The van der Waals surface area contributed by atoms with Crippen molar-refractivity contribution in [3.8, 4) is 0 Å². The number of carbonyl (C=O) groups excluding carboxylic acids is 1. The highest BCUT2D eigenvalue weighted by atomic mass is 16.2. The first kappa shape index (κ1) is 11.6. The Labute approximate surface area is 75.0 Å². The lowest BCUT2D eigenvalue weighted by Crippen LogP contribution is -1.98. The molecule has 0 saturated carbocycles. The number of aliphatic hydroxyl groups is 1. The summed E-state index contributed by atoms with van der Waals surface area (Å²) in [6.07, 6.45) is 4.79. The smallest absolute Gasteiger partial charge is 0.129 e. The molecule has 0 aromatic heterocycles. The average molecular weight is 172 g/mol. The van der Waals surface area contributed by atoms with E-state index in [0.29, 0.717) is 12.3 Å². The lowest BCUT2D eigenvalue weighted by atomic mass is 9.98. The van der Waals surface area contributed by atoms with Crippen molar-refractivity contribution in [1.82, 2.24) is 0 Å². The van der Waals surface area contributed by atoms with Gasteiger partial charge in [-0.3, -0.25) is 0 Å². The summed E-state index contributed by atoms with van der Waals surface area (Å²) in [6.45, 7) is 4.10. The minimum Gasteiger partial charge on any atom is -0.396 e. The third-order valence-corrected chi connectivity index (χ3v) is 2.08. The Kier molecular flexibility index (Phi) is 7.06. The molecule has 0 aromatic carbocycles. The molecule has 0 fully saturated rings. The monoisotopic (exact) mass is 172 g/mol. The molecule has 72 valence electrons. The zero-order chi connectivity index (χ0) is 9.40. The second-order valence-electron chi connectivity index (χ2n) is 3.57. The van der Waals surface area contributed by atoms with Gasteiger partial charge in [0.1, 0.15) is 5.78 Å². The van der Waals surface area contributed by atoms with Gasteiger partial charge in [0.25, 0.3) is 0 Å². The number of Topliss-reactive ketones (excluding diaryl/α,β-unsaturated/α-hetero) is 1. The van der Waals surface area contributed by atoms with Crippen LogP contribution in [0.5, 0.6) is 0 Å². The Balaban J connectivity index is 3.19. The van der Waals surface area contributed by atoms with Gasteiger partial charge >= 0.3 is 0 Å². The molecule has 1 atom stereocenters. The van der Waals surface area contributed by atoms with Crippen LogP contribution in [-0.4, -0.2) is 17.5 Å². The fourth-order valence-corrected chi connectivity index (χ4v) is 1.28. The Morgan fingerprint density at radius 3 is 2.42 bits per heavy atom. The molecule has 1 N–H and O–H groups in total. The van der Waals surface area contributed by atoms with Crippen molar-refractivity contribution in [2.24, 2.45) is 5.92 Å². The largest absolute Gasteiger partial charge is 0.396 e. The number of carbonyl (C=O) groups is 1. The number of rotatable bonds is 7. The number of hydrogen-bond acceptors (Lipinski definition) is 2. The lowest BCUT2D eigenvalue weighted by molar-refractivity contribution is -0.117. The van der Waals surface area contributed by atoms with Crippen LogP contribution in [0.15, 0.2) is 0 Å². The molecule has 0 aliphatic heterocycles. The summed E-state index contributed by atoms with van der Waals surface area (Å²) in [6, 6.07) is 0. The van der Waals surface area contributed by atoms with Gasteiger partial charge in [0.2, 0.25) is 0 Å². The molecule has 0 saturated heterocycles. The van der Waals surface area contributed by atoms with Gasteiger partial charge in [0.05, 0.1) is 0 Å².